The fourth-order valence-electron chi connectivity index (χ4n) is 0.926. The first-order chi connectivity index (χ1) is 6.73. The molecular weight excluding hydrogens is 271 g/mol. The Kier molecular flexibility index (Phi) is 3.52. The molecule has 0 aliphatic rings. The summed E-state index contributed by atoms with van der Waals surface area (Å²) in [5.41, 5.74) is -0.489. The molecule has 8 heteroatoms. The van der Waals surface area contributed by atoms with Gasteiger partial charge in [-0.25, -0.2) is 22.2 Å². The summed E-state index contributed by atoms with van der Waals surface area (Å²) >= 11 is 5.58. The summed E-state index contributed by atoms with van der Waals surface area (Å²) in [6, 6.07) is 1.01. The Hall–Kier alpha value is -0.460. The zero-order chi connectivity index (χ0) is 11.8. The first-order valence-corrected chi connectivity index (χ1v) is 6.32. The van der Waals surface area contributed by atoms with E-state index in [0.29, 0.717) is 0 Å². The van der Waals surface area contributed by atoms with Crippen LogP contribution in [0.4, 0.5) is 8.78 Å². The second-order valence-corrected chi connectivity index (χ2v) is 5.58. The number of pyridine rings is 1. The largest absolute Gasteiger partial charge is 0.280 e. The minimum atomic E-state index is -4.22. The monoisotopic (exact) mass is 275 g/mol. The van der Waals surface area contributed by atoms with Gasteiger partial charge in [-0.3, -0.25) is 0 Å². The molecule has 0 aliphatic carbocycles. The molecule has 0 N–H and O–H groups in total. The van der Waals surface area contributed by atoms with Gasteiger partial charge in [-0.1, -0.05) is 11.6 Å². The summed E-state index contributed by atoms with van der Waals surface area (Å²) in [6.07, 6.45) is -2.88. The predicted molar refractivity (Wildman–Crippen MR) is 52.0 cm³/mol. The minimum absolute atomic E-state index is 0.182. The van der Waals surface area contributed by atoms with E-state index in [4.69, 9.17) is 22.3 Å². The van der Waals surface area contributed by atoms with Crippen LogP contribution in [0.25, 0.3) is 0 Å². The average Bonchev–Trinajstić information content (AvgIpc) is 2.06. The molecule has 0 aliphatic heterocycles. The minimum Gasteiger partial charge on any atom is -0.233 e. The fourth-order valence-corrected chi connectivity index (χ4v) is 2.37. The molecule has 0 unspecified atom stereocenters. The van der Waals surface area contributed by atoms with Crippen LogP contribution in [-0.2, 0) is 9.05 Å². The molecule has 0 bridgehead atoms. The van der Waals surface area contributed by atoms with Crippen molar-refractivity contribution in [1.29, 1.82) is 0 Å². The molecule has 0 saturated heterocycles. The molecule has 15 heavy (non-hydrogen) atoms. The fraction of sp³-hybridized carbons (Fsp3) is 0.286. The van der Waals surface area contributed by atoms with Crippen molar-refractivity contribution in [3.05, 3.63) is 22.3 Å². The molecule has 1 aromatic rings. The summed E-state index contributed by atoms with van der Waals surface area (Å²) in [6.45, 7) is 1.39. The van der Waals surface area contributed by atoms with Crippen molar-refractivity contribution in [1.82, 2.24) is 4.98 Å². The Morgan fingerprint density at radius 3 is 2.40 bits per heavy atom. The lowest BCUT2D eigenvalue weighted by Gasteiger charge is -2.06. The highest BCUT2D eigenvalue weighted by Gasteiger charge is 2.22. The summed E-state index contributed by atoms with van der Waals surface area (Å²) in [5, 5.41) is -0.976. The normalized spacial score (nSPS) is 12.1. The Labute approximate surface area is 94.4 Å². The van der Waals surface area contributed by atoms with Gasteiger partial charge in [0.15, 0.2) is 5.03 Å². The Morgan fingerprint density at radius 2 is 2.00 bits per heavy atom. The number of alkyl halides is 2. The number of hydrogen-bond acceptors (Lipinski definition) is 3. The van der Waals surface area contributed by atoms with Crippen molar-refractivity contribution in [3.63, 3.8) is 0 Å². The second kappa shape index (κ2) is 4.19. The van der Waals surface area contributed by atoms with Crippen molar-refractivity contribution in [2.45, 2.75) is 18.4 Å². The van der Waals surface area contributed by atoms with Crippen LogP contribution in [0.3, 0.4) is 0 Å². The maximum absolute atomic E-state index is 12.3. The molecular formula is C7H5Cl2F2NO2S. The molecule has 0 atom stereocenters. The summed E-state index contributed by atoms with van der Waals surface area (Å²) in [4.78, 5) is 3.20. The Bertz CT molecular complexity index is 490. The molecule has 0 aromatic carbocycles. The van der Waals surface area contributed by atoms with E-state index in [0.717, 1.165) is 6.07 Å². The maximum atomic E-state index is 12.3. The van der Waals surface area contributed by atoms with Gasteiger partial charge in [0.2, 0.25) is 0 Å². The third-order valence-electron chi connectivity index (χ3n) is 1.58. The van der Waals surface area contributed by atoms with Crippen LogP contribution in [-0.4, -0.2) is 13.4 Å². The van der Waals surface area contributed by atoms with Gasteiger partial charge in [-0.05, 0) is 18.6 Å². The highest BCUT2D eigenvalue weighted by molar-refractivity contribution is 8.13. The van der Waals surface area contributed by atoms with Crippen LogP contribution < -0.4 is 0 Å². The Balaban J connectivity index is 3.52. The van der Waals surface area contributed by atoms with Gasteiger partial charge in [0.25, 0.3) is 15.5 Å². The van der Waals surface area contributed by atoms with E-state index in [2.05, 4.69) is 4.98 Å². The van der Waals surface area contributed by atoms with Gasteiger partial charge in [0.1, 0.15) is 5.69 Å². The molecule has 3 nitrogen and oxygen atoms in total. The number of halogens is 4. The lowest BCUT2D eigenvalue weighted by atomic mass is 10.2. The number of nitrogens with zero attached hydrogens (tertiary/aromatic N) is 1. The van der Waals surface area contributed by atoms with Crippen molar-refractivity contribution >= 4 is 31.3 Å². The topological polar surface area (TPSA) is 47.0 Å². The highest BCUT2D eigenvalue weighted by atomic mass is 35.7. The van der Waals surface area contributed by atoms with E-state index in [9.17, 15) is 17.2 Å². The van der Waals surface area contributed by atoms with Crippen molar-refractivity contribution < 1.29 is 17.2 Å². The van der Waals surface area contributed by atoms with Crippen LogP contribution in [0.1, 0.15) is 17.7 Å². The quantitative estimate of drug-likeness (QED) is 0.780. The first-order valence-electron chi connectivity index (χ1n) is 3.63. The predicted octanol–water partition coefficient (Wildman–Crippen LogP) is 2.91. The Morgan fingerprint density at radius 1 is 1.47 bits per heavy atom. The first kappa shape index (κ1) is 12.6. The van der Waals surface area contributed by atoms with Crippen molar-refractivity contribution in [3.8, 4) is 0 Å². The molecule has 1 aromatic heterocycles. The van der Waals surface area contributed by atoms with Gasteiger partial charge in [-0.15, -0.1) is 0 Å². The standard InChI is InChI=1S/C7H5Cl2F2NO2S/c1-3-2-4(6(10)11)12-7(5(3)8)15(9,13)14/h2,6H,1H3. The number of aromatic nitrogens is 1. The molecule has 0 amide bonds. The van der Waals surface area contributed by atoms with E-state index in [1.54, 1.807) is 0 Å². The third kappa shape index (κ3) is 2.76. The molecule has 0 fully saturated rings. The molecule has 1 rings (SSSR count). The number of hydrogen-bond donors (Lipinski definition) is 0. The zero-order valence-electron chi connectivity index (χ0n) is 7.34. The van der Waals surface area contributed by atoms with E-state index >= 15 is 0 Å². The van der Waals surface area contributed by atoms with E-state index in [-0.39, 0.29) is 10.6 Å². The van der Waals surface area contributed by atoms with Crippen molar-refractivity contribution in [2.24, 2.45) is 0 Å². The second-order valence-electron chi connectivity index (χ2n) is 2.72. The van der Waals surface area contributed by atoms with E-state index in [1.807, 2.05) is 0 Å². The average molecular weight is 276 g/mol. The summed E-state index contributed by atoms with van der Waals surface area (Å²) < 4.78 is 46.5. The highest BCUT2D eigenvalue weighted by Crippen LogP contribution is 2.29. The van der Waals surface area contributed by atoms with E-state index < -0.39 is 26.2 Å². The molecule has 0 saturated carbocycles. The smallest absolute Gasteiger partial charge is 0.233 e. The van der Waals surface area contributed by atoms with Crippen LogP contribution in [0.5, 0.6) is 0 Å². The zero-order valence-corrected chi connectivity index (χ0v) is 9.67. The van der Waals surface area contributed by atoms with Crippen LogP contribution in [0.2, 0.25) is 5.02 Å². The lowest BCUT2D eigenvalue weighted by Crippen LogP contribution is -2.02. The number of aryl methyl sites for hydroxylation is 1. The maximum Gasteiger partial charge on any atom is 0.280 e. The molecule has 84 valence electrons. The van der Waals surface area contributed by atoms with Crippen LogP contribution in [0.15, 0.2) is 11.1 Å². The molecule has 0 spiro atoms. The van der Waals surface area contributed by atoms with Crippen LogP contribution in [0, 0.1) is 6.92 Å². The SMILES string of the molecule is Cc1cc(C(F)F)nc(S(=O)(=O)Cl)c1Cl. The number of rotatable bonds is 2. The van der Waals surface area contributed by atoms with Gasteiger partial charge in [-0.2, -0.15) is 0 Å². The summed E-state index contributed by atoms with van der Waals surface area (Å²) in [5.74, 6) is 0. The van der Waals surface area contributed by atoms with E-state index in [1.165, 1.54) is 6.92 Å². The molecule has 1 heterocycles. The van der Waals surface area contributed by atoms with Gasteiger partial charge < -0.3 is 0 Å². The summed E-state index contributed by atoms with van der Waals surface area (Å²) in [7, 11) is 0.777. The van der Waals surface area contributed by atoms with Gasteiger partial charge in [0, 0.05) is 10.7 Å². The van der Waals surface area contributed by atoms with Crippen molar-refractivity contribution in [2.75, 3.05) is 0 Å². The van der Waals surface area contributed by atoms with Crippen LogP contribution >= 0.6 is 22.3 Å². The van der Waals surface area contributed by atoms with Gasteiger partial charge >= 0.3 is 0 Å². The third-order valence-corrected chi connectivity index (χ3v) is 3.37. The molecule has 0 radical (unpaired) electrons. The van der Waals surface area contributed by atoms with Gasteiger partial charge in [0.05, 0.1) is 5.02 Å². The lowest BCUT2D eigenvalue weighted by molar-refractivity contribution is 0.145.